The molecule has 0 radical (unpaired) electrons. The molecule has 2 atom stereocenters. The van der Waals surface area contributed by atoms with Crippen LogP contribution >= 0.6 is 0 Å². The molecule has 86 valence electrons. The van der Waals surface area contributed by atoms with Gasteiger partial charge in [0, 0.05) is 18.1 Å². The van der Waals surface area contributed by atoms with Gasteiger partial charge in [0.25, 0.3) is 0 Å². The zero-order valence-electron chi connectivity index (χ0n) is 9.71. The quantitative estimate of drug-likeness (QED) is 0.554. The van der Waals surface area contributed by atoms with Crippen LogP contribution < -0.4 is 17.2 Å². The van der Waals surface area contributed by atoms with Gasteiger partial charge in [0.15, 0.2) is 0 Å². The Kier molecular flexibility index (Phi) is 8.14. The summed E-state index contributed by atoms with van der Waals surface area (Å²) in [4.78, 5) is 0. The number of hydrogen-bond donors (Lipinski definition) is 3. The highest BCUT2D eigenvalue weighted by atomic mass is 14.6. The first-order valence-electron chi connectivity index (χ1n) is 5.79. The van der Waals surface area contributed by atoms with Crippen LogP contribution in [-0.2, 0) is 0 Å². The Hall–Kier alpha value is -0.120. The van der Waals surface area contributed by atoms with Gasteiger partial charge in [-0.3, -0.25) is 0 Å². The first kappa shape index (κ1) is 13.9. The number of hydrogen-bond acceptors (Lipinski definition) is 3. The van der Waals surface area contributed by atoms with Crippen molar-refractivity contribution in [3.63, 3.8) is 0 Å². The van der Waals surface area contributed by atoms with Crippen molar-refractivity contribution < 1.29 is 0 Å². The minimum atomic E-state index is 0.311. The second-order valence-electron chi connectivity index (χ2n) is 4.58. The van der Waals surface area contributed by atoms with Crippen molar-refractivity contribution in [2.45, 2.75) is 70.5 Å². The lowest BCUT2D eigenvalue weighted by Gasteiger charge is -2.13. The Morgan fingerprint density at radius 1 is 0.714 bits per heavy atom. The fraction of sp³-hybridized carbons (Fsp3) is 1.00. The molecule has 0 saturated carbocycles. The van der Waals surface area contributed by atoms with Crippen molar-refractivity contribution in [2.75, 3.05) is 0 Å². The van der Waals surface area contributed by atoms with E-state index in [9.17, 15) is 0 Å². The Bertz CT molecular complexity index is 110. The summed E-state index contributed by atoms with van der Waals surface area (Å²) in [6.07, 6.45) is 6.66. The van der Waals surface area contributed by atoms with Gasteiger partial charge in [-0.05, 0) is 39.5 Å². The predicted octanol–water partition coefficient (Wildman–Crippen LogP) is 1.35. The van der Waals surface area contributed by atoms with E-state index in [4.69, 9.17) is 17.2 Å². The zero-order valence-corrected chi connectivity index (χ0v) is 9.71. The summed E-state index contributed by atoms with van der Waals surface area (Å²) in [5, 5.41) is 0. The van der Waals surface area contributed by atoms with Crippen LogP contribution in [0.15, 0.2) is 0 Å². The van der Waals surface area contributed by atoms with E-state index >= 15 is 0 Å². The fourth-order valence-electron chi connectivity index (χ4n) is 1.55. The van der Waals surface area contributed by atoms with E-state index in [-0.39, 0.29) is 0 Å². The SMILES string of the molecule is CC(N)CCCC(N)CCCC(C)N. The van der Waals surface area contributed by atoms with Crippen LogP contribution in [0.25, 0.3) is 0 Å². The Morgan fingerprint density at radius 2 is 1.07 bits per heavy atom. The van der Waals surface area contributed by atoms with Gasteiger partial charge >= 0.3 is 0 Å². The van der Waals surface area contributed by atoms with Crippen LogP contribution in [0.1, 0.15) is 52.4 Å². The second-order valence-corrected chi connectivity index (χ2v) is 4.58. The van der Waals surface area contributed by atoms with E-state index < -0.39 is 0 Å². The molecule has 3 heteroatoms. The third-order valence-electron chi connectivity index (χ3n) is 2.47. The molecule has 0 aliphatic rings. The van der Waals surface area contributed by atoms with Gasteiger partial charge in [-0.1, -0.05) is 12.8 Å². The first-order valence-corrected chi connectivity index (χ1v) is 5.79. The molecule has 0 amide bonds. The molecule has 6 N–H and O–H groups in total. The Balaban J connectivity index is 3.23. The Morgan fingerprint density at radius 3 is 1.36 bits per heavy atom. The normalized spacial score (nSPS) is 17.8. The molecular weight excluding hydrogens is 174 g/mol. The second kappa shape index (κ2) is 8.21. The van der Waals surface area contributed by atoms with Gasteiger partial charge in [-0.2, -0.15) is 0 Å². The van der Waals surface area contributed by atoms with E-state index in [1.165, 1.54) is 0 Å². The average molecular weight is 201 g/mol. The lowest BCUT2D eigenvalue weighted by atomic mass is 10.0. The van der Waals surface area contributed by atoms with Gasteiger partial charge in [0.05, 0.1) is 0 Å². The summed E-state index contributed by atoms with van der Waals surface area (Å²) in [5.74, 6) is 0. The van der Waals surface area contributed by atoms with E-state index in [0.717, 1.165) is 38.5 Å². The summed E-state index contributed by atoms with van der Waals surface area (Å²) in [6, 6.07) is 0.963. The van der Waals surface area contributed by atoms with Crippen LogP contribution in [0.4, 0.5) is 0 Å². The van der Waals surface area contributed by atoms with Crippen molar-refractivity contribution in [3.8, 4) is 0 Å². The maximum Gasteiger partial charge on any atom is 0.00388 e. The summed E-state index contributed by atoms with van der Waals surface area (Å²) in [7, 11) is 0. The molecule has 0 bridgehead atoms. The van der Waals surface area contributed by atoms with Gasteiger partial charge in [-0.25, -0.2) is 0 Å². The fourth-order valence-corrected chi connectivity index (χ4v) is 1.55. The van der Waals surface area contributed by atoms with Crippen molar-refractivity contribution in [3.05, 3.63) is 0 Å². The summed E-state index contributed by atoms with van der Waals surface area (Å²) in [5.41, 5.74) is 17.3. The molecular formula is C11H27N3. The molecule has 0 aliphatic heterocycles. The maximum atomic E-state index is 5.96. The molecule has 0 heterocycles. The van der Waals surface area contributed by atoms with Gasteiger partial charge < -0.3 is 17.2 Å². The minimum absolute atomic E-state index is 0.311. The van der Waals surface area contributed by atoms with E-state index in [1.54, 1.807) is 0 Å². The largest absolute Gasteiger partial charge is 0.328 e. The highest BCUT2D eigenvalue weighted by Crippen LogP contribution is 2.08. The lowest BCUT2D eigenvalue weighted by molar-refractivity contribution is 0.479. The molecule has 14 heavy (non-hydrogen) atoms. The van der Waals surface area contributed by atoms with Crippen molar-refractivity contribution in [1.29, 1.82) is 0 Å². The van der Waals surface area contributed by atoms with Gasteiger partial charge in [0.2, 0.25) is 0 Å². The molecule has 0 rings (SSSR count). The van der Waals surface area contributed by atoms with E-state index in [0.29, 0.717) is 18.1 Å². The minimum Gasteiger partial charge on any atom is -0.328 e. The van der Waals surface area contributed by atoms with Crippen molar-refractivity contribution in [2.24, 2.45) is 17.2 Å². The number of nitrogens with two attached hydrogens (primary N) is 3. The van der Waals surface area contributed by atoms with Crippen LogP contribution in [0.5, 0.6) is 0 Å². The first-order chi connectivity index (χ1) is 6.52. The molecule has 0 aromatic rings. The molecule has 0 spiro atoms. The van der Waals surface area contributed by atoms with E-state index in [1.807, 2.05) is 13.8 Å². The van der Waals surface area contributed by atoms with Crippen molar-refractivity contribution >= 4 is 0 Å². The molecule has 0 aromatic carbocycles. The lowest BCUT2D eigenvalue weighted by Crippen LogP contribution is -2.23. The smallest absolute Gasteiger partial charge is 0.00388 e. The van der Waals surface area contributed by atoms with Crippen LogP contribution in [0.3, 0.4) is 0 Å². The molecule has 3 nitrogen and oxygen atoms in total. The highest BCUT2D eigenvalue weighted by Gasteiger charge is 2.04. The topological polar surface area (TPSA) is 78.1 Å². The van der Waals surface area contributed by atoms with Gasteiger partial charge in [0.1, 0.15) is 0 Å². The standard InChI is InChI=1S/C11H27N3/c1-9(12)5-3-7-11(14)8-4-6-10(2)13/h9-11H,3-8,12-14H2,1-2H3. The molecule has 0 fully saturated rings. The van der Waals surface area contributed by atoms with E-state index in [2.05, 4.69) is 0 Å². The van der Waals surface area contributed by atoms with Crippen LogP contribution in [-0.4, -0.2) is 18.1 Å². The molecule has 0 aliphatic carbocycles. The zero-order chi connectivity index (χ0) is 11.0. The average Bonchev–Trinajstić information content (AvgIpc) is 2.02. The van der Waals surface area contributed by atoms with Crippen LogP contribution in [0, 0.1) is 0 Å². The summed E-state index contributed by atoms with van der Waals surface area (Å²) >= 11 is 0. The molecule has 0 saturated heterocycles. The number of rotatable bonds is 8. The van der Waals surface area contributed by atoms with Crippen LogP contribution in [0.2, 0.25) is 0 Å². The maximum absolute atomic E-state index is 5.96. The third kappa shape index (κ3) is 9.96. The predicted molar refractivity (Wildman–Crippen MR) is 63.0 cm³/mol. The highest BCUT2D eigenvalue weighted by molar-refractivity contribution is 4.65. The summed E-state index contributed by atoms with van der Waals surface area (Å²) in [6.45, 7) is 4.09. The molecule has 0 aromatic heterocycles. The van der Waals surface area contributed by atoms with Gasteiger partial charge in [-0.15, -0.1) is 0 Å². The summed E-state index contributed by atoms with van der Waals surface area (Å²) < 4.78 is 0. The molecule has 2 unspecified atom stereocenters. The van der Waals surface area contributed by atoms with Crippen molar-refractivity contribution in [1.82, 2.24) is 0 Å². The third-order valence-corrected chi connectivity index (χ3v) is 2.47. The Labute approximate surface area is 88.4 Å². The monoisotopic (exact) mass is 201 g/mol.